The zero-order valence-electron chi connectivity index (χ0n) is 23.9. The number of methoxy groups -OCH3 is 2. The van der Waals surface area contributed by atoms with Gasteiger partial charge in [-0.15, -0.1) is 0 Å². The molecule has 6 nitrogen and oxygen atoms in total. The number of alkyl halides is 6. The van der Waals surface area contributed by atoms with E-state index >= 15 is 0 Å². The van der Waals surface area contributed by atoms with Crippen molar-refractivity contribution in [1.82, 2.24) is 9.80 Å². The number of ether oxygens (including phenoxy) is 4. The van der Waals surface area contributed by atoms with Gasteiger partial charge in [-0.05, 0) is 47.9 Å². The molecule has 0 aromatic heterocycles. The molecular weight excluding hydrogens is 585 g/mol. The van der Waals surface area contributed by atoms with Gasteiger partial charge in [-0.3, -0.25) is 9.80 Å². The quantitative estimate of drug-likeness (QED) is 0.220. The lowest BCUT2D eigenvalue weighted by molar-refractivity contribution is -0.208. The van der Waals surface area contributed by atoms with Crippen LogP contribution < -0.4 is 0 Å². The monoisotopic (exact) mass is 620 g/mol. The number of rotatable bonds is 13. The van der Waals surface area contributed by atoms with E-state index < -0.39 is 41.6 Å². The number of morpholine rings is 1. The minimum absolute atomic E-state index is 0.0898. The molecule has 0 radical (unpaired) electrons. The molecule has 0 aliphatic carbocycles. The maximum absolute atomic E-state index is 13.7. The summed E-state index contributed by atoms with van der Waals surface area (Å²) < 4.78 is 115. The van der Waals surface area contributed by atoms with E-state index in [0.29, 0.717) is 63.6 Å². The SMILES string of the molecule is COCCN(CC#CCN1CCOC(OCCc2cc(C(F)(F)F)cc(C(F)(F)F)c2)C1c1ccc(F)cc1)CCOC. The van der Waals surface area contributed by atoms with Gasteiger partial charge in [-0.25, -0.2) is 4.39 Å². The second kappa shape index (κ2) is 16.4. The minimum atomic E-state index is -4.94. The largest absolute Gasteiger partial charge is 0.416 e. The lowest BCUT2D eigenvalue weighted by atomic mass is 10.0. The highest BCUT2D eigenvalue weighted by Crippen LogP contribution is 2.37. The van der Waals surface area contributed by atoms with Crippen molar-refractivity contribution < 1.29 is 49.7 Å². The Morgan fingerprint density at radius 2 is 1.49 bits per heavy atom. The summed E-state index contributed by atoms with van der Waals surface area (Å²) in [6, 6.07) is 6.63. The molecule has 13 heteroatoms. The van der Waals surface area contributed by atoms with E-state index in [-0.39, 0.29) is 31.3 Å². The summed E-state index contributed by atoms with van der Waals surface area (Å²) >= 11 is 0. The molecule has 238 valence electrons. The van der Waals surface area contributed by atoms with Gasteiger partial charge in [0.2, 0.25) is 0 Å². The van der Waals surface area contributed by atoms with Crippen molar-refractivity contribution in [3.63, 3.8) is 0 Å². The average Bonchev–Trinajstić information content (AvgIpc) is 2.96. The molecule has 2 aromatic rings. The van der Waals surface area contributed by atoms with Crippen LogP contribution in [-0.4, -0.2) is 89.5 Å². The van der Waals surface area contributed by atoms with E-state index in [0.717, 1.165) is 0 Å². The Balaban J connectivity index is 1.73. The molecule has 0 saturated carbocycles. The first-order valence-electron chi connectivity index (χ1n) is 13.6. The second-order valence-electron chi connectivity index (χ2n) is 9.86. The fraction of sp³-hybridized carbons (Fsp3) is 0.533. The van der Waals surface area contributed by atoms with Crippen LogP contribution in [0.25, 0.3) is 0 Å². The van der Waals surface area contributed by atoms with Crippen LogP contribution in [0.1, 0.15) is 28.3 Å². The summed E-state index contributed by atoms with van der Waals surface area (Å²) in [4.78, 5) is 4.07. The maximum Gasteiger partial charge on any atom is 0.416 e. The molecule has 43 heavy (non-hydrogen) atoms. The molecule has 1 heterocycles. The molecule has 0 bridgehead atoms. The lowest BCUT2D eigenvalue weighted by Crippen LogP contribution is -2.46. The second-order valence-corrected chi connectivity index (χ2v) is 9.86. The summed E-state index contributed by atoms with van der Waals surface area (Å²) in [5, 5.41) is 0. The normalized spacial score (nSPS) is 18.1. The van der Waals surface area contributed by atoms with Crippen molar-refractivity contribution in [2.24, 2.45) is 0 Å². The number of hydrogen-bond donors (Lipinski definition) is 0. The summed E-state index contributed by atoms with van der Waals surface area (Å²) in [6.07, 6.45) is -11.0. The third-order valence-corrected chi connectivity index (χ3v) is 6.78. The highest BCUT2D eigenvalue weighted by atomic mass is 19.4. The molecule has 0 amide bonds. The molecule has 0 N–H and O–H groups in total. The topological polar surface area (TPSA) is 43.4 Å². The maximum atomic E-state index is 13.7. The zero-order chi connectivity index (χ0) is 31.5. The molecule has 1 aliphatic heterocycles. The molecule has 1 saturated heterocycles. The van der Waals surface area contributed by atoms with Gasteiger partial charge in [0, 0.05) is 33.9 Å². The number of benzene rings is 2. The van der Waals surface area contributed by atoms with E-state index in [1.807, 2.05) is 4.90 Å². The number of nitrogens with zero attached hydrogens (tertiary/aromatic N) is 2. The van der Waals surface area contributed by atoms with Gasteiger partial charge < -0.3 is 18.9 Å². The van der Waals surface area contributed by atoms with Crippen LogP contribution in [0.15, 0.2) is 42.5 Å². The van der Waals surface area contributed by atoms with E-state index in [4.69, 9.17) is 18.9 Å². The highest BCUT2D eigenvalue weighted by molar-refractivity contribution is 5.33. The van der Waals surface area contributed by atoms with E-state index in [1.54, 1.807) is 26.4 Å². The summed E-state index contributed by atoms with van der Waals surface area (Å²) in [5.41, 5.74) is -2.29. The van der Waals surface area contributed by atoms with Crippen LogP contribution in [0.5, 0.6) is 0 Å². The molecule has 1 fully saturated rings. The predicted molar refractivity (Wildman–Crippen MR) is 145 cm³/mol. The van der Waals surface area contributed by atoms with Crippen molar-refractivity contribution in [2.75, 3.05) is 73.4 Å². The van der Waals surface area contributed by atoms with Gasteiger partial charge in [-0.1, -0.05) is 24.0 Å². The average molecular weight is 621 g/mol. The summed E-state index contributed by atoms with van der Waals surface area (Å²) in [6.45, 7) is 3.74. The van der Waals surface area contributed by atoms with Crippen LogP contribution in [0.3, 0.4) is 0 Å². The Labute approximate surface area is 246 Å². The van der Waals surface area contributed by atoms with Gasteiger partial charge in [0.1, 0.15) is 5.82 Å². The molecule has 0 spiro atoms. The molecule has 2 atom stereocenters. The summed E-state index contributed by atoms with van der Waals surface area (Å²) in [5.74, 6) is 5.85. The van der Waals surface area contributed by atoms with Crippen LogP contribution in [0, 0.1) is 17.7 Å². The Morgan fingerprint density at radius 1 is 0.884 bits per heavy atom. The van der Waals surface area contributed by atoms with Gasteiger partial charge in [0.05, 0.1) is 56.7 Å². The molecule has 1 aliphatic rings. The molecule has 3 rings (SSSR count). The van der Waals surface area contributed by atoms with Gasteiger partial charge in [0.15, 0.2) is 6.29 Å². The van der Waals surface area contributed by atoms with E-state index in [2.05, 4.69) is 16.7 Å². The van der Waals surface area contributed by atoms with Crippen molar-refractivity contribution in [3.8, 4) is 11.8 Å². The Morgan fingerprint density at radius 3 is 2.05 bits per heavy atom. The molecular formula is C30H35F7N2O4. The number of hydrogen-bond acceptors (Lipinski definition) is 6. The Bertz CT molecular complexity index is 1160. The number of halogens is 7. The van der Waals surface area contributed by atoms with Gasteiger partial charge in [-0.2, -0.15) is 26.3 Å². The fourth-order valence-corrected chi connectivity index (χ4v) is 4.53. The van der Waals surface area contributed by atoms with E-state index in [1.165, 1.54) is 12.1 Å². The first-order valence-corrected chi connectivity index (χ1v) is 13.6. The van der Waals surface area contributed by atoms with Gasteiger partial charge in [0.25, 0.3) is 0 Å². The van der Waals surface area contributed by atoms with Crippen molar-refractivity contribution in [3.05, 3.63) is 70.5 Å². The van der Waals surface area contributed by atoms with Crippen LogP contribution in [-0.2, 0) is 37.7 Å². The Hall–Kier alpha value is -2.73. The van der Waals surface area contributed by atoms with Crippen molar-refractivity contribution in [2.45, 2.75) is 31.1 Å². The first kappa shape index (κ1) is 34.8. The van der Waals surface area contributed by atoms with Crippen LogP contribution in [0.4, 0.5) is 30.7 Å². The standard InChI is InChI=1S/C30H35F7N2O4/c1-40-16-12-38(13-17-41-2)10-3-4-11-39-14-18-43-28(27(39)23-5-7-26(31)8-6-23)42-15-9-22-19-24(29(32,33)34)21-25(20-22)30(35,36)37/h5-8,19-21,27-28H,9-18H2,1-2H3. The molecule has 2 unspecified atom stereocenters. The van der Waals surface area contributed by atoms with E-state index in [9.17, 15) is 30.7 Å². The zero-order valence-corrected chi connectivity index (χ0v) is 23.9. The smallest absolute Gasteiger partial charge is 0.383 e. The highest BCUT2D eigenvalue weighted by Gasteiger charge is 2.37. The molecule has 2 aromatic carbocycles. The van der Waals surface area contributed by atoms with Crippen LogP contribution >= 0.6 is 0 Å². The third-order valence-electron chi connectivity index (χ3n) is 6.78. The summed E-state index contributed by atoms with van der Waals surface area (Å²) in [7, 11) is 3.23. The van der Waals surface area contributed by atoms with Crippen molar-refractivity contribution in [1.29, 1.82) is 0 Å². The minimum Gasteiger partial charge on any atom is -0.383 e. The first-order chi connectivity index (χ1) is 20.4. The predicted octanol–water partition coefficient (Wildman–Crippen LogP) is 5.42. The van der Waals surface area contributed by atoms with Gasteiger partial charge >= 0.3 is 12.4 Å². The van der Waals surface area contributed by atoms with Crippen molar-refractivity contribution >= 4 is 0 Å². The Kier molecular flexibility index (Phi) is 13.2. The lowest BCUT2D eigenvalue weighted by Gasteiger charge is -2.40. The van der Waals surface area contributed by atoms with Crippen LogP contribution in [0.2, 0.25) is 0 Å². The third kappa shape index (κ3) is 11.0. The fourth-order valence-electron chi connectivity index (χ4n) is 4.53.